The van der Waals surface area contributed by atoms with Gasteiger partial charge >= 0.3 is 0 Å². The van der Waals surface area contributed by atoms with Crippen molar-refractivity contribution in [1.82, 2.24) is 15.5 Å². The van der Waals surface area contributed by atoms with Crippen molar-refractivity contribution in [2.75, 3.05) is 13.2 Å². The Hall–Kier alpha value is -1.89. The topological polar surface area (TPSA) is 76.5 Å². The molecule has 0 aliphatic rings. The fourth-order valence-electron chi connectivity index (χ4n) is 1.66. The molecule has 1 aromatic carbocycles. The van der Waals surface area contributed by atoms with E-state index in [1.54, 1.807) is 19.1 Å². The average molecular weight is 324 g/mol. The highest BCUT2D eigenvalue weighted by atomic mass is 35.5. The second-order valence-corrected chi connectivity index (χ2v) is 5.03. The average Bonchev–Trinajstić information content (AvgIpc) is 2.54. The highest BCUT2D eigenvalue weighted by Crippen LogP contribution is 2.10. The Labute approximate surface area is 134 Å². The molecular weight excluding hydrogens is 306 g/mol. The fourth-order valence-corrected chi connectivity index (χ4v) is 1.76. The molecule has 0 aliphatic carbocycles. The predicted octanol–water partition coefficient (Wildman–Crippen LogP) is 1.88. The molecule has 7 heteroatoms. The van der Waals surface area contributed by atoms with Gasteiger partial charge in [0.05, 0.1) is 0 Å². The first kappa shape index (κ1) is 16.5. The number of para-hydroxylation sites is 1. The molecule has 2 aromatic rings. The van der Waals surface area contributed by atoms with Crippen molar-refractivity contribution >= 4 is 11.6 Å². The van der Waals surface area contributed by atoms with Gasteiger partial charge in [-0.2, -0.15) is 0 Å². The van der Waals surface area contributed by atoms with E-state index >= 15 is 0 Å². The number of benzene rings is 1. The zero-order valence-electron chi connectivity index (χ0n) is 12.1. The zero-order chi connectivity index (χ0) is 15.8. The predicted molar refractivity (Wildman–Crippen MR) is 83.1 cm³/mol. The van der Waals surface area contributed by atoms with Crippen molar-refractivity contribution in [3.05, 3.63) is 47.6 Å². The second-order valence-electron chi connectivity index (χ2n) is 4.64. The molecule has 0 spiro atoms. The third-order valence-corrected chi connectivity index (χ3v) is 2.93. The van der Waals surface area contributed by atoms with Gasteiger partial charge in [0.15, 0.2) is 5.15 Å². The number of rotatable bonds is 8. The monoisotopic (exact) mass is 323 g/mol. The molecule has 2 atom stereocenters. The van der Waals surface area contributed by atoms with Crippen molar-refractivity contribution in [1.29, 1.82) is 0 Å². The summed E-state index contributed by atoms with van der Waals surface area (Å²) in [5, 5.41) is 20.7. The van der Waals surface area contributed by atoms with E-state index in [9.17, 15) is 5.11 Å². The standard InChI is InChI=1S/C15H18ClN3O3/c1-11(22-15-8-7-14(16)18-19-15)17-9-12(20)10-21-13-5-3-2-4-6-13/h2-8,11-12,17,20H,9-10H2,1H3. The Balaban J connectivity index is 1.67. The lowest BCUT2D eigenvalue weighted by Gasteiger charge is -2.18. The number of aliphatic hydroxyl groups is 1. The lowest BCUT2D eigenvalue weighted by atomic mass is 10.3. The van der Waals surface area contributed by atoms with Crippen LogP contribution in [-0.2, 0) is 0 Å². The van der Waals surface area contributed by atoms with Crippen LogP contribution in [0.5, 0.6) is 11.6 Å². The summed E-state index contributed by atoms with van der Waals surface area (Å²) in [5.41, 5.74) is 0. The molecule has 2 N–H and O–H groups in total. The Kier molecular flexibility index (Phi) is 6.39. The van der Waals surface area contributed by atoms with Crippen LogP contribution >= 0.6 is 11.6 Å². The Bertz CT molecular complexity index is 554. The van der Waals surface area contributed by atoms with Crippen LogP contribution in [0.4, 0.5) is 0 Å². The number of hydrogen-bond acceptors (Lipinski definition) is 6. The van der Waals surface area contributed by atoms with Gasteiger partial charge < -0.3 is 14.6 Å². The minimum Gasteiger partial charge on any atom is -0.491 e. The van der Waals surface area contributed by atoms with Gasteiger partial charge in [0, 0.05) is 12.6 Å². The number of nitrogens with one attached hydrogen (secondary N) is 1. The van der Waals surface area contributed by atoms with Crippen LogP contribution in [0.3, 0.4) is 0 Å². The van der Waals surface area contributed by atoms with Gasteiger partial charge in [-0.25, -0.2) is 0 Å². The quantitative estimate of drug-likeness (QED) is 0.722. The van der Waals surface area contributed by atoms with Gasteiger partial charge in [-0.1, -0.05) is 29.8 Å². The van der Waals surface area contributed by atoms with Gasteiger partial charge in [0.25, 0.3) is 0 Å². The summed E-state index contributed by atoms with van der Waals surface area (Å²) >= 11 is 5.64. The number of nitrogens with zero attached hydrogens (tertiary/aromatic N) is 2. The lowest BCUT2D eigenvalue weighted by molar-refractivity contribution is 0.0853. The molecule has 0 saturated heterocycles. The SMILES string of the molecule is CC(NCC(O)COc1ccccc1)Oc1ccc(Cl)nn1. The molecule has 0 bridgehead atoms. The van der Waals surface area contributed by atoms with Crippen LogP contribution < -0.4 is 14.8 Å². The van der Waals surface area contributed by atoms with Gasteiger partial charge in [-0.05, 0) is 25.1 Å². The molecule has 22 heavy (non-hydrogen) atoms. The van der Waals surface area contributed by atoms with E-state index in [4.69, 9.17) is 21.1 Å². The van der Waals surface area contributed by atoms with Crippen LogP contribution in [0.2, 0.25) is 5.15 Å². The maximum atomic E-state index is 9.87. The van der Waals surface area contributed by atoms with Gasteiger partial charge in [-0.15, -0.1) is 10.2 Å². The highest BCUT2D eigenvalue weighted by molar-refractivity contribution is 6.29. The third-order valence-electron chi connectivity index (χ3n) is 2.73. The normalized spacial score (nSPS) is 13.4. The maximum absolute atomic E-state index is 9.87. The minimum atomic E-state index is -0.650. The van der Waals surface area contributed by atoms with E-state index in [1.807, 2.05) is 30.3 Å². The summed E-state index contributed by atoms with van der Waals surface area (Å²) in [7, 11) is 0. The summed E-state index contributed by atoms with van der Waals surface area (Å²) in [6.07, 6.45) is -0.982. The van der Waals surface area contributed by atoms with Gasteiger partial charge in [0.1, 0.15) is 24.7 Å². The van der Waals surface area contributed by atoms with Gasteiger partial charge in [0.2, 0.25) is 5.88 Å². The van der Waals surface area contributed by atoms with Gasteiger partial charge in [-0.3, -0.25) is 5.32 Å². The van der Waals surface area contributed by atoms with E-state index in [0.29, 0.717) is 17.6 Å². The lowest BCUT2D eigenvalue weighted by Crippen LogP contribution is -2.39. The second kappa shape index (κ2) is 8.53. The summed E-state index contributed by atoms with van der Waals surface area (Å²) < 4.78 is 11.0. The van der Waals surface area contributed by atoms with Crippen molar-refractivity contribution in [2.45, 2.75) is 19.3 Å². The van der Waals surface area contributed by atoms with Crippen LogP contribution in [0.25, 0.3) is 0 Å². The molecule has 0 fully saturated rings. The molecule has 1 heterocycles. The zero-order valence-corrected chi connectivity index (χ0v) is 12.9. The van der Waals surface area contributed by atoms with E-state index in [2.05, 4.69) is 15.5 Å². The summed E-state index contributed by atoms with van der Waals surface area (Å²) in [6, 6.07) is 12.6. The minimum absolute atomic E-state index is 0.199. The molecular formula is C15H18ClN3O3. The highest BCUT2D eigenvalue weighted by Gasteiger charge is 2.09. The van der Waals surface area contributed by atoms with Crippen LogP contribution in [-0.4, -0.2) is 40.8 Å². The number of aliphatic hydroxyl groups excluding tert-OH is 1. The summed E-state index contributed by atoms with van der Waals surface area (Å²) in [5.74, 6) is 1.08. The van der Waals surface area contributed by atoms with Crippen LogP contribution in [0.1, 0.15) is 6.92 Å². The molecule has 6 nitrogen and oxygen atoms in total. The summed E-state index contributed by atoms with van der Waals surface area (Å²) in [4.78, 5) is 0. The first-order valence-corrected chi connectivity index (χ1v) is 7.26. The smallest absolute Gasteiger partial charge is 0.235 e. The molecule has 118 valence electrons. The third kappa shape index (κ3) is 5.85. The Morgan fingerprint density at radius 3 is 2.64 bits per heavy atom. The molecule has 0 radical (unpaired) electrons. The molecule has 2 rings (SSSR count). The van der Waals surface area contributed by atoms with Crippen LogP contribution in [0.15, 0.2) is 42.5 Å². The first-order valence-electron chi connectivity index (χ1n) is 6.88. The van der Waals surface area contributed by atoms with E-state index in [-0.39, 0.29) is 12.8 Å². The Morgan fingerprint density at radius 2 is 1.95 bits per heavy atom. The van der Waals surface area contributed by atoms with Crippen molar-refractivity contribution in [2.24, 2.45) is 0 Å². The van der Waals surface area contributed by atoms with Crippen molar-refractivity contribution < 1.29 is 14.6 Å². The van der Waals surface area contributed by atoms with Crippen molar-refractivity contribution in [3.63, 3.8) is 0 Å². The number of ether oxygens (including phenoxy) is 2. The number of halogens is 1. The van der Waals surface area contributed by atoms with E-state index in [1.165, 1.54) is 0 Å². The molecule has 2 unspecified atom stereocenters. The molecule has 0 saturated carbocycles. The largest absolute Gasteiger partial charge is 0.491 e. The Morgan fingerprint density at radius 1 is 1.18 bits per heavy atom. The maximum Gasteiger partial charge on any atom is 0.235 e. The molecule has 1 aromatic heterocycles. The fraction of sp³-hybridized carbons (Fsp3) is 0.333. The first-order chi connectivity index (χ1) is 10.6. The van der Waals surface area contributed by atoms with E-state index in [0.717, 1.165) is 5.75 Å². The number of aromatic nitrogens is 2. The molecule has 0 amide bonds. The number of hydrogen-bond donors (Lipinski definition) is 2. The summed E-state index contributed by atoms with van der Waals surface area (Å²) in [6.45, 7) is 2.33. The van der Waals surface area contributed by atoms with Crippen LogP contribution in [0, 0.1) is 0 Å². The van der Waals surface area contributed by atoms with Crippen molar-refractivity contribution in [3.8, 4) is 11.6 Å². The molecule has 0 aliphatic heterocycles. The van der Waals surface area contributed by atoms with E-state index < -0.39 is 6.10 Å².